The van der Waals surface area contributed by atoms with Crippen LogP contribution in [-0.4, -0.2) is 9.55 Å². The predicted molar refractivity (Wildman–Crippen MR) is 80.6 cm³/mol. The second-order valence-electron chi connectivity index (χ2n) is 5.25. The molecule has 0 radical (unpaired) electrons. The van der Waals surface area contributed by atoms with Crippen LogP contribution in [0.4, 0.5) is 0 Å². The zero-order valence-corrected chi connectivity index (χ0v) is 11.4. The van der Waals surface area contributed by atoms with Crippen molar-refractivity contribution in [3.05, 3.63) is 70.4 Å². The third-order valence-corrected chi connectivity index (χ3v) is 3.84. The van der Waals surface area contributed by atoms with Crippen molar-refractivity contribution in [2.45, 2.75) is 31.7 Å². The summed E-state index contributed by atoms with van der Waals surface area (Å²) >= 11 is 0. The Kier molecular flexibility index (Phi) is 3.77. The van der Waals surface area contributed by atoms with Gasteiger partial charge in [0.1, 0.15) is 0 Å². The van der Waals surface area contributed by atoms with Gasteiger partial charge in [0.2, 0.25) is 0 Å². The van der Waals surface area contributed by atoms with Gasteiger partial charge in [-0.3, -0.25) is 9.36 Å². The Hall–Kier alpha value is -2.16. The van der Waals surface area contributed by atoms with Crippen LogP contribution in [0.15, 0.2) is 53.6 Å². The molecule has 0 atom stereocenters. The molecule has 1 aliphatic rings. The van der Waals surface area contributed by atoms with E-state index in [0.29, 0.717) is 12.5 Å². The van der Waals surface area contributed by atoms with Crippen molar-refractivity contribution in [1.29, 1.82) is 0 Å². The van der Waals surface area contributed by atoms with Gasteiger partial charge in [-0.25, -0.2) is 4.98 Å². The Morgan fingerprint density at radius 2 is 2.05 bits per heavy atom. The lowest BCUT2D eigenvalue weighted by molar-refractivity contribution is 0.409. The first-order valence-corrected chi connectivity index (χ1v) is 7.11. The summed E-state index contributed by atoms with van der Waals surface area (Å²) < 4.78 is 1.64. The Balaban J connectivity index is 1.68. The summed E-state index contributed by atoms with van der Waals surface area (Å²) in [6, 6.07) is 11.8. The lowest BCUT2D eigenvalue weighted by atomic mass is 9.83. The van der Waals surface area contributed by atoms with E-state index in [9.17, 15) is 4.79 Å². The van der Waals surface area contributed by atoms with Gasteiger partial charge in [0.25, 0.3) is 5.56 Å². The fraction of sp³-hybridized carbons (Fsp3) is 0.294. The molecule has 1 aliphatic carbocycles. The van der Waals surface area contributed by atoms with Crippen molar-refractivity contribution in [3.8, 4) is 0 Å². The van der Waals surface area contributed by atoms with E-state index in [-0.39, 0.29) is 5.56 Å². The highest BCUT2D eigenvalue weighted by molar-refractivity contribution is 5.48. The largest absolute Gasteiger partial charge is 0.295 e. The summed E-state index contributed by atoms with van der Waals surface area (Å²) in [5.41, 5.74) is 2.14. The van der Waals surface area contributed by atoms with E-state index in [1.165, 1.54) is 19.3 Å². The molecule has 3 nitrogen and oxygen atoms in total. The normalized spacial score (nSPS) is 15.4. The molecule has 3 heteroatoms. The molecule has 0 unspecified atom stereocenters. The molecule has 1 heterocycles. The lowest BCUT2D eigenvalue weighted by Crippen LogP contribution is -2.22. The highest BCUT2D eigenvalue weighted by Crippen LogP contribution is 2.34. The predicted octanol–water partition coefficient (Wildman–Crippen LogP) is 3.22. The minimum absolute atomic E-state index is 0.0413. The molecule has 0 spiro atoms. The van der Waals surface area contributed by atoms with Crippen LogP contribution in [-0.2, 0) is 6.54 Å². The van der Waals surface area contributed by atoms with Gasteiger partial charge in [-0.2, -0.15) is 0 Å². The van der Waals surface area contributed by atoms with Gasteiger partial charge in [-0.05, 0) is 18.4 Å². The second kappa shape index (κ2) is 5.87. The van der Waals surface area contributed by atoms with Crippen molar-refractivity contribution in [3.63, 3.8) is 0 Å². The zero-order valence-electron chi connectivity index (χ0n) is 11.4. The summed E-state index contributed by atoms with van der Waals surface area (Å²) in [7, 11) is 0. The van der Waals surface area contributed by atoms with Crippen LogP contribution in [0.2, 0.25) is 0 Å². The molecule has 1 aromatic carbocycles. The van der Waals surface area contributed by atoms with Gasteiger partial charge in [0.05, 0.1) is 12.0 Å². The summed E-state index contributed by atoms with van der Waals surface area (Å²) in [4.78, 5) is 16.4. The van der Waals surface area contributed by atoms with Crippen LogP contribution in [0.25, 0.3) is 6.08 Å². The van der Waals surface area contributed by atoms with E-state index >= 15 is 0 Å². The molecule has 1 fully saturated rings. The molecule has 102 valence electrons. The third-order valence-electron chi connectivity index (χ3n) is 3.84. The molecule has 0 aliphatic heterocycles. The fourth-order valence-corrected chi connectivity index (χ4v) is 2.37. The Morgan fingerprint density at radius 3 is 2.70 bits per heavy atom. The second-order valence-corrected chi connectivity index (χ2v) is 5.25. The van der Waals surface area contributed by atoms with Gasteiger partial charge < -0.3 is 0 Å². The molecule has 3 rings (SSSR count). The number of benzene rings is 1. The molecule has 2 aromatic rings. The highest BCUT2D eigenvalue weighted by atomic mass is 16.1. The van der Waals surface area contributed by atoms with Crippen LogP contribution >= 0.6 is 0 Å². The van der Waals surface area contributed by atoms with E-state index in [1.54, 1.807) is 17.0 Å². The zero-order chi connectivity index (χ0) is 13.8. The van der Waals surface area contributed by atoms with Crippen LogP contribution in [0, 0.1) is 0 Å². The molecular weight excluding hydrogens is 248 g/mol. The lowest BCUT2D eigenvalue weighted by Gasteiger charge is -2.24. The smallest absolute Gasteiger partial charge is 0.253 e. The number of rotatable bonds is 4. The first-order valence-electron chi connectivity index (χ1n) is 7.11. The van der Waals surface area contributed by atoms with E-state index in [2.05, 4.69) is 4.98 Å². The number of hydrogen-bond acceptors (Lipinski definition) is 2. The van der Waals surface area contributed by atoms with Crippen molar-refractivity contribution in [2.75, 3.05) is 0 Å². The molecule has 0 amide bonds. The van der Waals surface area contributed by atoms with E-state index in [4.69, 9.17) is 0 Å². The van der Waals surface area contributed by atoms with E-state index in [1.807, 2.05) is 42.5 Å². The maximum Gasteiger partial charge on any atom is 0.253 e. The summed E-state index contributed by atoms with van der Waals surface area (Å²) in [6.07, 6.45) is 9.28. The molecule has 20 heavy (non-hydrogen) atoms. The van der Waals surface area contributed by atoms with Crippen LogP contribution < -0.4 is 5.56 Å². The molecule has 1 aromatic heterocycles. The van der Waals surface area contributed by atoms with Crippen LogP contribution in [0.3, 0.4) is 0 Å². The topological polar surface area (TPSA) is 34.9 Å². The molecule has 0 saturated heterocycles. The minimum atomic E-state index is 0.0413. The quantitative estimate of drug-likeness (QED) is 0.851. The van der Waals surface area contributed by atoms with Gasteiger partial charge >= 0.3 is 0 Å². The first kappa shape index (κ1) is 12.9. The molecule has 0 bridgehead atoms. The van der Waals surface area contributed by atoms with Crippen molar-refractivity contribution < 1.29 is 0 Å². The highest BCUT2D eigenvalue weighted by Gasteiger charge is 2.21. The summed E-state index contributed by atoms with van der Waals surface area (Å²) in [5.74, 6) is 0.511. The Morgan fingerprint density at radius 1 is 1.25 bits per heavy atom. The van der Waals surface area contributed by atoms with Gasteiger partial charge in [-0.1, -0.05) is 48.9 Å². The Labute approximate surface area is 118 Å². The monoisotopic (exact) mass is 266 g/mol. The van der Waals surface area contributed by atoms with Crippen molar-refractivity contribution >= 4 is 6.08 Å². The SMILES string of the molecule is O=c1cc(C2CCC2)ncn1CC=Cc1ccccc1. The number of nitrogens with zero attached hydrogens (tertiary/aromatic N) is 2. The maximum absolute atomic E-state index is 12.0. The van der Waals surface area contributed by atoms with Crippen molar-refractivity contribution in [2.24, 2.45) is 0 Å². The molecular formula is C17H18N2O. The van der Waals surface area contributed by atoms with E-state index < -0.39 is 0 Å². The Bertz CT molecular complexity index is 654. The molecule has 0 N–H and O–H groups in total. The summed E-state index contributed by atoms with van der Waals surface area (Å²) in [6.45, 7) is 0.561. The van der Waals surface area contributed by atoms with E-state index in [0.717, 1.165) is 11.3 Å². The fourth-order valence-electron chi connectivity index (χ4n) is 2.37. The molecule has 1 saturated carbocycles. The minimum Gasteiger partial charge on any atom is -0.295 e. The first-order chi connectivity index (χ1) is 9.83. The third kappa shape index (κ3) is 2.87. The van der Waals surface area contributed by atoms with Crippen LogP contribution in [0.1, 0.15) is 36.4 Å². The van der Waals surface area contributed by atoms with Crippen molar-refractivity contribution in [1.82, 2.24) is 9.55 Å². The van der Waals surface area contributed by atoms with Gasteiger partial charge in [0, 0.05) is 18.5 Å². The average molecular weight is 266 g/mol. The number of aromatic nitrogens is 2. The number of allylic oxidation sites excluding steroid dienone is 1. The van der Waals surface area contributed by atoms with Gasteiger partial charge in [-0.15, -0.1) is 0 Å². The number of hydrogen-bond donors (Lipinski definition) is 0. The maximum atomic E-state index is 12.0. The summed E-state index contributed by atoms with van der Waals surface area (Å²) in [5, 5.41) is 0. The standard InChI is InChI=1S/C17H18N2O/c20-17-12-16(15-9-4-10-15)18-13-19(17)11-5-8-14-6-2-1-3-7-14/h1-3,5-8,12-13,15H,4,9-11H2. The van der Waals surface area contributed by atoms with Gasteiger partial charge in [0.15, 0.2) is 0 Å². The average Bonchev–Trinajstić information content (AvgIpc) is 2.40. The van der Waals surface area contributed by atoms with Crippen LogP contribution in [0.5, 0.6) is 0 Å².